The third-order valence-electron chi connectivity index (χ3n) is 1.16. The molecule has 5 heteroatoms. The predicted molar refractivity (Wildman–Crippen MR) is 46.9 cm³/mol. The van der Waals surface area contributed by atoms with Gasteiger partial charge in [0.15, 0.2) is 0 Å². The quantitative estimate of drug-likeness (QED) is 0.622. The molecule has 0 bridgehead atoms. The van der Waals surface area contributed by atoms with Crippen LogP contribution in [0, 0.1) is 0 Å². The van der Waals surface area contributed by atoms with Crippen molar-refractivity contribution in [2.45, 2.75) is 6.42 Å². The lowest BCUT2D eigenvalue weighted by molar-refractivity contribution is 0.229. The average molecular weight is 233 g/mol. The number of halogens is 1. The van der Waals surface area contributed by atoms with Gasteiger partial charge in [0.25, 0.3) is 0 Å². The number of ether oxygens (including phenoxy) is 1. The summed E-state index contributed by atoms with van der Waals surface area (Å²) in [6.45, 7) is 0.603. The molecule has 0 saturated heterocycles. The highest BCUT2D eigenvalue weighted by Crippen LogP contribution is 2.11. The lowest BCUT2D eigenvalue weighted by Gasteiger charge is -2.02. The largest absolute Gasteiger partial charge is 0.477 e. The summed E-state index contributed by atoms with van der Waals surface area (Å²) in [6, 6.07) is 1.68. The number of hydrogen-bond acceptors (Lipinski definition) is 4. The molecule has 4 nitrogen and oxygen atoms in total. The van der Waals surface area contributed by atoms with Gasteiger partial charge in [0.05, 0.1) is 6.61 Å². The number of aliphatic hydroxyl groups is 1. The van der Waals surface area contributed by atoms with Crippen LogP contribution in [0.15, 0.2) is 17.0 Å². The summed E-state index contributed by atoms with van der Waals surface area (Å²) in [4.78, 5) is 7.71. The molecule has 1 heterocycles. The maximum absolute atomic E-state index is 8.48. The molecule has 0 aliphatic heterocycles. The Labute approximate surface area is 78.7 Å². The fraction of sp³-hybridized carbons (Fsp3) is 0.429. The Bertz CT molecular complexity index is 245. The maximum atomic E-state index is 8.48. The molecule has 1 rings (SSSR count). The van der Waals surface area contributed by atoms with E-state index in [4.69, 9.17) is 9.84 Å². The number of nitrogens with zero attached hydrogens (tertiary/aromatic N) is 2. The van der Waals surface area contributed by atoms with Gasteiger partial charge in [-0.05, 0) is 15.9 Å². The summed E-state index contributed by atoms with van der Waals surface area (Å²) < 4.78 is 5.88. The zero-order chi connectivity index (χ0) is 8.81. The van der Waals surface area contributed by atoms with Crippen molar-refractivity contribution in [3.63, 3.8) is 0 Å². The summed E-state index contributed by atoms with van der Waals surface area (Å²) in [6.07, 6.45) is 2.03. The zero-order valence-electron chi connectivity index (χ0n) is 6.40. The van der Waals surface area contributed by atoms with Gasteiger partial charge in [-0.2, -0.15) is 0 Å². The third-order valence-corrected chi connectivity index (χ3v) is 1.59. The van der Waals surface area contributed by atoms with Crippen LogP contribution < -0.4 is 4.74 Å². The molecule has 1 N–H and O–H groups in total. The molecule has 0 saturated carbocycles. The SMILES string of the molecule is OCCCOc1cc(Br)ncn1. The molecular weight excluding hydrogens is 224 g/mol. The van der Waals surface area contributed by atoms with Crippen LogP contribution in [0.5, 0.6) is 5.88 Å². The first-order chi connectivity index (χ1) is 5.83. The number of aliphatic hydroxyl groups excluding tert-OH is 1. The second-order valence-electron chi connectivity index (χ2n) is 2.10. The van der Waals surface area contributed by atoms with Crippen molar-refractivity contribution in [3.8, 4) is 5.88 Å². The van der Waals surface area contributed by atoms with Gasteiger partial charge in [-0.1, -0.05) is 0 Å². The van der Waals surface area contributed by atoms with Crippen molar-refractivity contribution < 1.29 is 9.84 Å². The summed E-state index contributed by atoms with van der Waals surface area (Å²) in [5, 5.41) is 8.48. The molecule has 0 spiro atoms. The molecule has 0 aliphatic rings. The summed E-state index contributed by atoms with van der Waals surface area (Å²) >= 11 is 3.19. The monoisotopic (exact) mass is 232 g/mol. The van der Waals surface area contributed by atoms with E-state index in [0.29, 0.717) is 23.5 Å². The minimum Gasteiger partial charge on any atom is -0.477 e. The molecule has 0 aromatic carbocycles. The molecule has 0 fully saturated rings. The number of aromatic nitrogens is 2. The Hall–Kier alpha value is -0.680. The van der Waals surface area contributed by atoms with Crippen molar-refractivity contribution in [3.05, 3.63) is 17.0 Å². The molecule has 0 amide bonds. The van der Waals surface area contributed by atoms with E-state index < -0.39 is 0 Å². The minimum atomic E-state index is 0.131. The molecular formula is C7H9BrN2O2. The molecule has 0 atom stereocenters. The first kappa shape index (κ1) is 9.41. The predicted octanol–water partition coefficient (Wildman–Crippen LogP) is 1.00. The van der Waals surface area contributed by atoms with E-state index in [9.17, 15) is 0 Å². The molecule has 1 aromatic heterocycles. The molecule has 1 aromatic rings. The summed E-state index contributed by atoms with van der Waals surface area (Å²) in [7, 11) is 0. The molecule has 66 valence electrons. The normalized spacial score (nSPS) is 9.83. The highest BCUT2D eigenvalue weighted by Gasteiger charge is 1.95. The Kier molecular flexibility index (Phi) is 3.96. The maximum Gasteiger partial charge on any atom is 0.217 e. The van der Waals surface area contributed by atoms with Crippen LogP contribution in [-0.4, -0.2) is 28.3 Å². The fourth-order valence-corrected chi connectivity index (χ4v) is 0.925. The van der Waals surface area contributed by atoms with Crippen LogP contribution >= 0.6 is 15.9 Å². The van der Waals surface area contributed by atoms with E-state index in [-0.39, 0.29) is 6.61 Å². The Morgan fingerprint density at radius 2 is 2.33 bits per heavy atom. The van der Waals surface area contributed by atoms with E-state index >= 15 is 0 Å². The van der Waals surface area contributed by atoms with Crippen molar-refractivity contribution in [2.24, 2.45) is 0 Å². The second kappa shape index (κ2) is 5.05. The first-order valence-electron chi connectivity index (χ1n) is 3.54. The lowest BCUT2D eigenvalue weighted by Crippen LogP contribution is -2.01. The van der Waals surface area contributed by atoms with Crippen LogP contribution in [0.3, 0.4) is 0 Å². The number of hydrogen-bond donors (Lipinski definition) is 1. The van der Waals surface area contributed by atoms with Gasteiger partial charge in [0.1, 0.15) is 10.9 Å². The standard InChI is InChI=1S/C7H9BrN2O2/c8-6-4-7(10-5-9-6)12-3-1-2-11/h4-5,11H,1-3H2. The Balaban J connectivity index is 2.41. The van der Waals surface area contributed by atoms with Gasteiger partial charge >= 0.3 is 0 Å². The highest BCUT2D eigenvalue weighted by atomic mass is 79.9. The van der Waals surface area contributed by atoms with E-state index in [1.165, 1.54) is 6.33 Å². The van der Waals surface area contributed by atoms with Crippen molar-refractivity contribution in [1.82, 2.24) is 9.97 Å². The highest BCUT2D eigenvalue weighted by molar-refractivity contribution is 9.10. The summed E-state index contributed by atoms with van der Waals surface area (Å²) in [5.74, 6) is 0.519. The zero-order valence-corrected chi connectivity index (χ0v) is 7.99. The first-order valence-corrected chi connectivity index (χ1v) is 4.33. The lowest BCUT2D eigenvalue weighted by atomic mass is 10.5. The van der Waals surface area contributed by atoms with Gasteiger partial charge in [0, 0.05) is 19.1 Å². The molecule has 0 radical (unpaired) electrons. The van der Waals surface area contributed by atoms with Gasteiger partial charge in [-0.25, -0.2) is 9.97 Å². The molecule has 12 heavy (non-hydrogen) atoms. The average Bonchev–Trinajstić information content (AvgIpc) is 2.05. The van der Waals surface area contributed by atoms with E-state index in [1.807, 2.05) is 0 Å². The van der Waals surface area contributed by atoms with E-state index in [0.717, 1.165) is 0 Å². The Morgan fingerprint density at radius 3 is 3.00 bits per heavy atom. The van der Waals surface area contributed by atoms with E-state index in [1.54, 1.807) is 6.07 Å². The number of rotatable bonds is 4. The van der Waals surface area contributed by atoms with Gasteiger partial charge < -0.3 is 9.84 Å². The second-order valence-corrected chi connectivity index (χ2v) is 2.92. The van der Waals surface area contributed by atoms with Crippen LogP contribution in [0.25, 0.3) is 0 Å². The van der Waals surface area contributed by atoms with Crippen LogP contribution in [0.1, 0.15) is 6.42 Å². The smallest absolute Gasteiger partial charge is 0.217 e. The molecule has 0 unspecified atom stereocenters. The van der Waals surface area contributed by atoms with Crippen LogP contribution in [-0.2, 0) is 0 Å². The van der Waals surface area contributed by atoms with Crippen molar-refractivity contribution >= 4 is 15.9 Å². The fourth-order valence-electron chi connectivity index (χ4n) is 0.638. The van der Waals surface area contributed by atoms with Crippen molar-refractivity contribution in [1.29, 1.82) is 0 Å². The molecule has 0 aliphatic carbocycles. The van der Waals surface area contributed by atoms with Gasteiger partial charge in [-0.15, -0.1) is 0 Å². The van der Waals surface area contributed by atoms with Gasteiger partial charge in [-0.3, -0.25) is 0 Å². The van der Waals surface area contributed by atoms with Crippen molar-refractivity contribution in [2.75, 3.05) is 13.2 Å². The van der Waals surface area contributed by atoms with E-state index in [2.05, 4.69) is 25.9 Å². The van der Waals surface area contributed by atoms with Crippen LogP contribution in [0.2, 0.25) is 0 Å². The summed E-state index contributed by atoms with van der Waals surface area (Å²) in [5.41, 5.74) is 0. The van der Waals surface area contributed by atoms with Gasteiger partial charge in [0.2, 0.25) is 5.88 Å². The Morgan fingerprint density at radius 1 is 1.50 bits per heavy atom. The third kappa shape index (κ3) is 3.15. The van der Waals surface area contributed by atoms with Crippen LogP contribution in [0.4, 0.5) is 0 Å². The topological polar surface area (TPSA) is 55.2 Å². The minimum absolute atomic E-state index is 0.131.